The zero-order chi connectivity index (χ0) is 23.8. The van der Waals surface area contributed by atoms with E-state index in [2.05, 4.69) is 81.0 Å². The predicted octanol–water partition coefficient (Wildman–Crippen LogP) is 5.51. The van der Waals surface area contributed by atoms with Crippen LogP contribution >= 0.6 is 0 Å². The van der Waals surface area contributed by atoms with Crippen LogP contribution in [0.2, 0.25) is 0 Å². The van der Waals surface area contributed by atoms with Crippen molar-refractivity contribution in [2.75, 3.05) is 29.9 Å². The SMILES string of the molecule is CC(=O)C1CCCN1.Cc1ccc(-c2ccnc(Nc3ccc(N4CCCCC4)cc3)n2)cc1. The Morgan fingerprint density at radius 3 is 2.32 bits per heavy atom. The topological polar surface area (TPSA) is 70.2 Å². The molecule has 2 fully saturated rings. The average molecular weight is 458 g/mol. The smallest absolute Gasteiger partial charge is 0.227 e. The van der Waals surface area contributed by atoms with E-state index in [0.717, 1.165) is 49.4 Å². The standard InChI is InChI=1S/C22H24N4.C6H11NO/c1-17-5-7-18(8-6-17)21-13-14-23-22(25-21)24-19-9-11-20(12-10-19)26-15-3-2-4-16-26;1-5(8)6-3-2-4-7-6/h5-14H,2-4,15-16H2,1H3,(H,23,24,25);6-7H,2-4H2,1H3. The maximum Gasteiger partial charge on any atom is 0.227 e. The van der Waals surface area contributed by atoms with E-state index >= 15 is 0 Å². The van der Waals surface area contributed by atoms with Gasteiger partial charge in [0.2, 0.25) is 5.95 Å². The molecular formula is C28H35N5O. The maximum absolute atomic E-state index is 10.6. The number of carbonyl (C=O) groups excluding carboxylic acids is 1. The molecule has 1 unspecified atom stereocenters. The number of benzene rings is 2. The molecule has 0 bridgehead atoms. The van der Waals surface area contributed by atoms with Gasteiger partial charge in [-0.2, -0.15) is 0 Å². The van der Waals surface area contributed by atoms with Crippen LogP contribution in [0.1, 0.15) is 44.6 Å². The van der Waals surface area contributed by atoms with E-state index in [1.54, 1.807) is 13.1 Å². The number of hydrogen-bond donors (Lipinski definition) is 2. The van der Waals surface area contributed by atoms with Crippen molar-refractivity contribution in [1.29, 1.82) is 0 Å². The minimum Gasteiger partial charge on any atom is -0.372 e. The lowest BCUT2D eigenvalue weighted by Gasteiger charge is -2.28. The highest BCUT2D eigenvalue weighted by Gasteiger charge is 2.17. The molecule has 2 saturated heterocycles. The van der Waals surface area contributed by atoms with E-state index < -0.39 is 0 Å². The summed E-state index contributed by atoms with van der Waals surface area (Å²) < 4.78 is 0. The molecule has 6 nitrogen and oxygen atoms in total. The third-order valence-electron chi connectivity index (χ3n) is 6.40. The van der Waals surface area contributed by atoms with Crippen LogP contribution < -0.4 is 15.5 Å². The summed E-state index contributed by atoms with van der Waals surface area (Å²) in [4.78, 5) is 22.0. The molecule has 2 aliphatic rings. The summed E-state index contributed by atoms with van der Waals surface area (Å²) in [6.45, 7) is 7.07. The summed E-state index contributed by atoms with van der Waals surface area (Å²) in [6, 6.07) is 19.1. The van der Waals surface area contributed by atoms with Gasteiger partial charge in [0.15, 0.2) is 0 Å². The van der Waals surface area contributed by atoms with E-state index in [0.29, 0.717) is 5.95 Å². The minimum absolute atomic E-state index is 0.176. The number of nitrogens with zero attached hydrogens (tertiary/aromatic N) is 3. The highest BCUT2D eigenvalue weighted by Crippen LogP contribution is 2.24. The first kappa shape index (κ1) is 23.9. The molecular weight excluding hydrogens is 422 g/mol. The Labute approximate surface area is 202 Å². The first-order chi connectivity index (χ1) is 16.6. The highest BCUT2D eigenvalue weighted by atomic mass is 16.1. The van der Waals surface area contributed by atoms with Crippen LogP contribution in [0.15, 0.2) is 60.8 Å². The maximum atomic E-state index is 10.6. The van der Waals surface area contributed by atoms with Crippen molar-refractivity contribution in [3.63, 3.8) is 0 Å². The zero-order valence-corrected chi connectivity index (χ0v) is 20.3. The first-order valence-electron chi connectivity index (χ1n) is 12.3. The van der Waals surface area contributed by atoms with Crippen molar-refractivity contribution in [1.82, 2.24) is 15.3 Å². The highest BCUT2D eigenvalue weighted by molar-refractivity contribution is 5.81. The lowest BCUT2D eigenvalue weighted by molar-refractivity contribution is -0.118. The number of hydrogen-bond acceptors (Lipinski definition) is 6. The molecule has 0 aliphatic carbocycles. The number of aromatic nitrogens is 2. The molecule has 0 saturated carbocycles. The third-order valence-corrected chi connectivity index (χ3v) is 6.40. The molecule has 1 atom stereocenters. The number of rotatable bonds is 5. The van der Waals surface area contributed by atoms with Crippen molar-refractivity contribution in [2.45, 2.75) is 52.0 Å². The molecule has 0 amide bonds. The quantitative estimate of drug-likeness (QED) is 0.526. The summed E-state index contributed by atoms with van der Waals surface area (Å²) in [6.07, 6.45) is 7.93. The third kappa shape index (κ3) is 6.64. The lowest BCUT2D eigenvalue weighted by Crippen LogP contribution is -2.29. The average Bonchev–Trinajstić information content (AvgIpc) is 3.42. The lowest BCUT2D eigenvalue weighted by atomic mass is 10.1. The van der Waals surface area contributed by atoms with Gasteiger partial charge in [0.05, 0.1) is 11.7 Å². The van der Waals surface area contributed by atoms with Gasteiger partial charge in [0, 0.05) is 36.2 Å². The van der Waals surface area contributed by atoms with Crippen molar-refractivity contribution < 1.29 is 4.79 Å². The molecule has 3 heterocycles. The van der Waals surface area contributed by atoms with Gasteiger partial charge >= 0.3 is 0 Å². The Morgan fingerprint density at radius 2 is 1.71 bits per heavy atom. The van der Waals surface area contributed by atoms with Crippen molar-refractivity contribution in [3.8, 4) is 11.3 Å². The summed E-state index contributed by atoms with van der Waals surface area (Å²) >= 11 is 0. The number of ketones is 1. The second kappa shape index (κ2) is 11.7. The van der Waals surface area contributed by atoms with E-state index in [1.807, 2.05) is 6.07 Å². The Morgan fingerprint density at radius 1 is 0.971 bits per heavy atom. The van der Waals surface area contributed by atoms with Crippen molar-refractivity contribution in [3.05, 3.63) is 66.4 Å². The summed E-state index contributed by atoms with van der Waals surface area (Å²) in [5, 5.41) is 6.42. The van der Waals surface area contributed by atoms with E-state index in [1.165, 1.54) is 30.5 Å². The molecule has 0 radical (unpaired) electrons. The van der Waals surface area contributed by atoms with Crippen LogP contribution in [-0.2, 0) is 4.79 Å². The van der Waals surface area contributed by atoms with Gasteiger partial charge < -0.3 is 15.5 Å². The Kier molecular flexibility index (Phi) is 8.26. The number of anilines is 3. The van der Waals surface area contributed by atoms with Crippen LogP contribution in [0, 0.1) is 6.92 Å². The molecule has 6 heteroatoms. The van der Waals surface area contributed by atoms with Gasteiger partial charge in [0.1, 0.15) is 5.78 Å². The summed E-state index contributed by atoms with van der Waals surface area (Å²) in [5.41, 5.74) is 5.57. The molecule has 34 heavy (non-hydrogen) atoms. The molecule has 2 aliphatic heterocycles. The minimum atomic E-state index is 0.176. The fraction of sp³-hybridized carbons (Fsp3) is 0.393. The van der Waals surface area contributed by atoms with Crippen molar-refractivity contribution >= 4 is 23.1 Å². The van der Waals surface area contributed by atoms with E-state index in [4.69, 9.17) is 0 Å². The molecule has 2 N–H and O–H groups in total. The number of Topliss-reactive ketones (excluding diaryl/α,β-unsaturated/α-hetero) is 1. The Hall–Kier alpha value is -3.25. The van der Waals surface area contributed by atoms with Crippen LogP contribution in [0.4, 0.5) is 17.3 Å². The van der Waals surface area contributed by atoms with Crippen molar-refractivity contribution in [2.24, 2.45) is 0 Å². The summed E-state index contributed by atoms with van der Waals surface area (Å²) in [5.74, 6) is 0.899. The Balaban J connectivity index is 0.000000291. The second-order valence-electron chi connectivity index (χ2n) is 9.11. The second-order valence-corrected chi connectivity index (χ2v) is 9.11. The fourth-order valence-electron chi connectivity index (χ4n) is 4.37. The molecule has 3 aromatic rings. The van der Waals surface area contributed by atoms with Crippen LogP contribution in [0.3, 0.4) is 0 Å². The van der Waals surface area contributed by atoms with Crippen LogP contribution in [0.25, 0.3) is 11.3 Å². The van der Waals surface area contributed by atoms with Gasteiger partial charge in [-0.1, -0.05) is 29.8 Å². The van der Waals surface area contributed by atoms with Gasteiger partial charge in [-0.05, 0) is 82.8 Å². The van der Waals surface area contributed by atoms with Gasteiger partial charge in [-0.15, -0.1) is 0 Å². The monoisotopic (exact) mass is 457 g/mol. The molecule has 1 aromatic heterocycles. The zero-order valence-electron chi connectivity index (χ0n) is 20.3. The largest absolute Gasteiger partial charge is 0.372 e. The molecule has 2 aromatic carbocycles. The van der Waals surface area contributed by atoms with Gasteiger partial charge in [-0.25, -0.2) is 9.97 Å². The van der Waals surface area contributed by atoms with E-state index in [-0.39, 0.29) is 11.8 Å². The van der Waals surface area contributed by atoms with E-state index in [9.17, 15) is 4.79 Å². The summed E-state index contributed by atoms with van der Waals surface area (Å²) in [7, 11) is 0. The van der Waals surface area contributed by atoms with Gasteiger partial charge in [-0.3, -0.25) is 4.79 Å². The normalized spacial score (nSPS) is 17.6. The first-order valence-corrected chi connectivity index (χ1v) is 12.3. The molecule has 0 spiro atoms. The fourth-order valence-corrected chi connectivity index (χ4v) is 4.37. The number of carbonyl (C=O) groups is 1. The number of aryl methyl sites for hydroxylation is 1. The van der Waals surface area contributed by atoms with Crippen LogP contribution in [0.5, 0.6) is 0 Å². The number of nitrogens with one attached hydrogen (secondary N) is 2. The number of piperidine rings is 1. The predicted molar refractivity (Wildman–Crippen MR) is 140 cm³/mol. The Bertz CT molecular complexity index is 1050. The van der Waals surface area contributed by atoms with Crippen LogP contribution in [-0.4, -0.2) is 41.4 Å². The molecule has 5 rings (SSSR count). The van der Waals surface area contributed by atoms with Gasteiger partial charge in [0.25, 0.3) is 0 Å². The molecule has 178 valence electrons.